The summed E-state index contributed by atoms with van der Waals surface area (Å²) in [7, 11) is 0. The van der Waals surface area contributed by atoms with E-state index >= 15 is 0 Å². The summed E-state index contributed by atoms with van der Waals surface area (Å²) in [5, 5.41) is 6.00. The van der Waals surface area contributed by atoms with Crippen molar-refractivity contribution in [3.05, 3.63) is 23.8 Å². The predicted octanol–water partition coefficient (Wildman–Crippen LogP) is 0.800. The fraction of sp³-hybridized carbons (Fsp3) is 0.533. The van der Waals surface area contributed by atoms with Crippen molar-refractivity contribution in [2.24, 2.45) is 0 Å². The van der Waals surface area contributed by atoms with Crippen molar-refractivity contribution in [3.63, 3.8) is 0 Å². The van der Waals surface area contributed by atoms with E-state index in [2.05, 4.69) is 10.6 Å². The van der Waals surface area contributed by atoms with Crippen molar-refractivity contribution in [3.8, 4) is 11.5 Å². The summed E-state index contributed by atoms with van der Waals surface area (Å²) < 4.78 is 16.0. The van der Waals surface area contributed by atoms with Crippen LogP contribution in [0.25, 0.3) is 0 Å². The molecular formula is C15H20N2O4. The zero-order valence-electron chi connectivity index (χ0n) is 11.9. The second-order valence-electron chi connectivity index (χ2n) is 5.23. The Hall–Kier alpha value is -1.79. The Morgan fingerprint density at radius 1 is 1.29 bits per heavy atom. The zero-order chi connectivity index (χ0) is 14.5. The summed E-state index contributed by atoms with van der Waals surface area (Å²) >= 11 is 0. The third kappa shape index (κ3) is 3.86. The lowest BCUT2D eigenvalue weighted by Gasteiger charge is -2.11. The van der Waals surface area contributed by atoms with Gasteiger partial charge in [0, 0.05) is 19.7 Å². The van der Waals surface area contributed by atoms with Gasteiger partial charge < -0.3 is 24.8 Å². The van der Waals surface area contributed by atoms with Gasteiger partial charge in [0.2, 0.25) is 12.7 Å². The number of carbonyl (C=O) groups is 1. The van der Waals surface area contributed by atoms with E-state index in [1.54, 1.807) is 0 Å². The second-order valence-corrected chi connectivity index (χ2v) is 5.23. The molecule has 3 rings (SSSR count). The van der Waals surface area contributed by atoms with Crippen molar-refractivity contribution >= 4 is 5.91 Å². The lowest BCUT2D eigenvalue weighted by molar-refractivity contribution is -0.120. The fourth-order valence-electron chi connectivity index (χ4n) is 2.47. The first-order valence-corrected chi connectivity index (χ1v) is 7.29. The molecule has 1 fully saturated rings. The highest BCUT2D eigenvalue weighted by molar-refractivity contribution is 5.78. The third-order valence-electron chi connectivity index (χ3n) is 3.61. The summed E-state index contributed by atoms with van der Waals surface area (Å²) in [5.74, 6) is 1.47. The molecule has 0 radical (unpaired) electrons. The van der Waals surface area contributed by atoms with Gasteiger partial charge in [-0.25, -0.2) is 0 Å². The lowest BCUT2D eigenvalue weighted by Crippen LogP contribution is -2.36. The molecule has 0 aliphatic carbocycles. The van der Waals surface area contributed by atoms with Crippen LogP contribution < -0.4 is 20.1 Å². The average Bonchev–Trinajstić information content (AvgIpc) is 3.15. The number of nitrogens with one attached hydrogen (secondary N) is 2. The van der Waals surface area contributed by atoms with E-state index in [9.17, 15) is 4.79 Å². The summed E-state index contributed by atoms with van der Waals surface area (Å²) in [6.45, 7) is 2.62. The van der Waals surface area contributed by atoms with Gasteiger partial charge in [0.05, 0.1) is 12.6 Å². The van der Waals surface area contributed by atoms with E-state index in [4.69, 9.17) is 14.2 Å². The number of amides is 1. The molecular weight excluding hydrogens is 272 g/mol. The Kier molecular flexibility index (Phi) is 4.57. The van der Waals surface area contributed by atoms with Crippen LogP contribution in [0.1, 0.15) is 18.4 Å². The smallest absolute Gasteiger partial charge is 0.234 e. The normalized spacial score (nSPS) is 19.7. The van der Waals surface area contributed by atoms with E-state index in [0.717, 1.165) is 43.1 Å². The quantitative estimate of drug-likeness (QED) is 0.812. The average molecular weight is 292 g/mol. The maximum absolute atomic E-state index is 11.8. The van der Waals surface area contributed by atoms with Gasteiger partial charge in [-0.2, -0.15) is 0 Å². The number of fused-ring (bicyclic) bond motifs is 1. The molecule has 0 bridgehead atoms. The van der Waals surface area contributed by atoms with Gasteiger partial charge in [0.25, 0.3) is 0 Å². The summed E-state index contributed by atoms with van der Waals surface area (Å²) in [6, 6.07) is 5.68. The van der Waals surface area contributed by atoms with Gasteiger partial charge >= 0.3 is 0 Å². The molecule has 2 N–H and O–H groups in total. The number of hydrogen-bond donors (Lipinski definition) is 2. The molecule has 2 heterocycles. The molecule has 6 heteroatoms. The van der Waals surface area contributed by atoms with Crippen molar-refractivity contribution in [2.75, 3.05) is 26.5 Å². The number of ether oxygens (including phenoxy) is 3. The van der Waals surface area contributed by atoms with Crippen molar-refractivity contribution in [1.82, 2.24) is 10.6 Å². The van der Waals surface area contributed by atoms with Crippen LogP contribution in [-0.2, 0) is 16.1 Å². The van der Waals surface area contributed by atoms with Gasteiger partial charge in [0.1, 0.15) is 0 Å². The van der Waals surface area contributed by atoms with Crippen molar-refractivity contribution in [2.45, 2.75) is 25.5 Å². The van der Waals surface area contributed by atoms with Crippen LogP contribution in [0.4, 0.5) is 0 Å². The number of rotatable bonds is 6. The Labute approximate surface area is 123 Å². The molecule has 2 aliphatic heterocycles. The van der Waals surface area contributed by atoms with Crippen LogP contribution in [0, 0.1) is 0 Å². The molecule has 1 aromatic rings. The Bertz CT molecular complexity index is 500. The first-order valence-electron chi connectivity index (χ1n) is 7.29. The van der Waals surface area contributed by atoms with E-state index in [1.807, 2.05) is 18.2 Å². The second kappa shape index (κ2) is 6.78. The zero-order valence-corrected chi connectivity index (χ0v) is 11.9. The number of hydrogen-bond acceptors (Lipinski definition) is 5. The SMILES string of the molecule is O=C(CNC[C@@H]1CCCO1)NCc1ccc2c(c1)OCO2. The highest BCUT2D eigenvalue weighted by Gasteiger charge is 2.15. The molecule has 0 unspecified atom stereocenters. The Morgan fingerprint density at radius 3 is 3.05 bits per heavy atom. The van der Waals surface area contributed by atoms with Crippen molar-refractivity contribution < 1.29 is 19.0 Å². The van der Waals surface area contributed by atoms with E-state index in [1.165, 1.54) is 0 Å². The molecule has 1 saturated heterocycles. The Morgan fingerprint density at radius 2 is 2.19 bits per heavy atom. The van der Waals surface area contributed by atoms with Crippen molar-refractivity contribution in [1.29, 1.82) is 0 Å². The molecule has 6 nitrogen and oxygen atoms in total. The molecule has 1 amide bonds. The molecule has 1 atom stereocenters. The number of carbonyl (C=O) groups excluding carboxylic acids is 1. The summed E-state index contributed by atoms with van der Waals surface area (Å²) in [5.41, 5.74) is 0.992. The Balaban J connectivity index is 1.37. The van der Waals surface area contributed by atoms with Gasteiger partial charge in [0.15, 0.2) is 11.5 Å². The predicted molar refractivity (Wildman–Crippen MR) is 76.3 cm³/mol. The topological polar surface area (TPSA) is 68.8 Å². The van der Waals surface area contributed by atoms with Crippen LogP contribution in [0.5, 0.6) is 11.5 Å². The molecule has 114 valence electrons. The minimum Gasteiger partial charge on any atom is -0.454 e. The largest absolute Gasteiger partial charge is 0.454 e. The van der Waals surface area contributed by atoms with Crippen LogP contribution in [0.15, 0.2) is 18.2 Å². The molecule has 1 aromatic carbocycles. The summed E-state index contributed by atoms with van der Waals surface area (Å²) in [6.07, 6.45) is 2.45. The first-order chi connectivity index (χ1) is 10.3. The van der Waals surface area contributed by atoms with Gasteiger partial charge in [-0.1, -0.05) is 6.07 Å². The van der Waals surface area contributed by atoms with E-state index < -0.39 is 0 Å². The number of benzene rings is 1. The third-order valence-corrected chi connectivity index (χ3v) is 3.61. The maximum Gasteiger partial charge on any atom is 0.234 e. The summed E-state index contributed by atoms with van der Waals surface area (Å²) in [4.78, 5) is 11.8. The van der Waals surface area contributed by atoms with Crippen LogP contribution in [-0.4, -0.2) is 38.5 Å². The van der Waals surface area contributed by atoms with Gasteiger partial charge in [-0.05, 0) is 30.5 Å². The van der Waals surface area contributed by atoms with Crippen LogP contribution >= 0.6 is 0 Å². The van der Waals surface area contributed by atoms with Gasteiger partial charge in [-0.3, -0.25) is 4.79 Å². The maximum atomic E-state index is 11.8. The highest BCUT2D eigenvalue weighted by Crippen LogP contribution is 2.32. The molecule has 21 heavy (non-hydrogen) atoms. The standard InChI is InChI=1S/C15H20N2O4/c18-15(9-16-8-12-2-1-5-19-12)17-7-11-3-4-13-14(6-11)21-10-20-13/h3-4,6,12,16H,1-2,5,7-10H2,(H,17,18)/t12-/m0/s1. The van der Waals surface area contributed by atoms with Gasteiger partial charge in [-0.15, -0.1) is 0 Å². The molecule has 2 aliphatic rings. The van der Waals surface area contributed by atoms with E-state index in [-0.39, 0.29) is 18.8 Å². The van der Waals surface area contributed by atoms with Crippen LogP contribution in [0.3, 0.4) is 0 Å². The van der Waals surface area contributed by atoms with Crippen LogP contribution in [0.2, 0.25) is 0 Å². The fourth-order valence-corrected chi connectivity index (χ4v) is 2.47. The lowest BCUT2D eigenvalue weighted by atomic mass is 10.2. The molecule has 0 spiro atoms. The minimum atomic E-state index is -0.0225. The monoisotopic (exact) mass is 292 g/mol. The minimum absolute atomic E-state index is 0.0225. The molecule has 0 saturated carbocycles. The molecule has 0 aromatic heterocycles. The highest BCUT2D eigenvalue weighted by atomic mass is 16.7. The first kappa shape index (κ1) is 14.2. The van der Waals surface area contributed by atoms with E-state index in [0.29, 0.717) is 13.1 Å².